The summed E-state index contributed by atoms with van der Waals surface area (Å²) in [6.45, 7) is 5.00. The highest BCUT2D eigenvalue weighted by molar-refractivity contribution is 5.91. The molecule has 0 bridgehead atoms. The van der Waals surface area contributed by atoms with Crippen molar-refractivity contribution in [2.45, 2.75) is 33.2 Å². The number of nitrogens with one attached hydrogen (secondary N) is 1. The van der Waals surface area contributed by atoms with Gasteiger partial charge in [-0.2, -0.15) is 0 Å². The van der Waals surface area contributed by atoms with Crippen molar-refractivity contribution < 1.29 is 18.6 Å². The Labute approximate surface area is 205 Å². The normalized spacial score (nSPS) is 10.9. The minimum atomic E-state index is -0.303. The molecule has 7 heteroatoms. The van der Waals surface area contributed by atoms with Crippen LogP contribution in [0, 0.1) is 12.7 Å². The molecule has 0 spiro atoms. The first kappa shape index (κ1) is 24.3. The Morgan fingerprint density at radius 1 is 0.914 bits per heavy atom. The van der Waals surface area contributed by atoms with Crippen molar-refractivity contribution in [3.63, 3.8) is 0 Å². The second kappa shape index (κ2) is 11.0. The van der Waals surface area contributed by atoms with E-state index in [1.807, 2.05) is 49.4 Å². The molecule has 0 radical (unpaired) electrons. The second-order valence-corrected chi connectivity index (χ2v) is 8.21. The van der Waals surface area contributed by atoms with Gasteiger partial charge >= 0.3 is 0 Å². The molecule has 0 aliphatic carbocycles. The van der Waals surface area contributed by atoms with Crippen LogP contribution in [-0.4, -0.2) is 30.8 Å². The lowest BCUT2D eigenvalue weighted by Gasteiger charge is -2.15. The van der Waals surface area contributed by atoms with Gasteiger partial charge in [-0.05, 0) is 48.7 Å². The molecule has 4 rings (SSSR count). The van der Waals surface area contributed by atoms with E-state index in [4.69, 9.17) is 14.2 Å². The summed E-state index contributed by atoms with van der Waals surface area (Å²) in [5.41, 5.74) is 2.98. The monoisotopic (exact) mass is 475 g/mol. The largest absolute Gasteiger partial charge is 0.493 e. The predicted octanol–water partition coefficient (Wildman–Crippen LogP) is 6.55. The molecule has 3 aromatic carbocycles. The lowest BCUT2D eigenvalue weighted by Crippen LogP contribution is -2.05. The van der Waals surface area contributed by atoms with E-state index in [-0.39, 0.29) is 5.82 Å². The predicted molar refractivity (Wildman–Crippen MR) is 137 cm³/mol. The first-order valence-electron chi connectivity index (χ1n) is 11.7. The second-order valence-electron chi connectivity index (χ2n) is 8.21. The summed E-state index contributed by atoms with van der Waals surface area (Å²) in [5.74, 6) is 2.80. The number of anilines is 1. The highest BCUT2D eigenvalue weighted by Crippen LogP contribution is 2.35. The smallest absolute Gasteiger partial charge is 0.162 e. The number of aromatic nitrogens is 2. The van der Waals surface area contributed by atoms with Crippen LogP contribution in [0.25, 0.3) is 22.0 Å². The Morgan fingerprint density at radius 3 is 2.46 bits per heavy atom. The average Bonchev–Trinajstić information content (AvgIpc) is 2.86. The maximum atomic E-state index is 14.8. The number of ether oxygens (including phenoxy) is 3. The van der Waals surface area contributed by atoms with E-state index in [1.54, 1.807) is 20.3 Å². The number of fused-ring (bicyclic) bond motifs is 1. The Bertz CT molecular complexity index is 1330. The van der Waals surface area contributed by atoms with Gasteiger partial charge in [0.25, 0.3) is 0 Å². The molecule has 0 unspecified atom stereocenters. The number of benzene rings is 3. The number of methoxy groups -OCH3 is 2. The first-order chi connectivity index (χ1) is 17.0. The maximum absolute atomic E-state index is 14.8. The van der Waals surface area contributed by atoms with Gasteiger partial charge in [-0.3, -0.25) is 0 Å². The molecule has 35 heavy (non-hydrogen) atoms. The highest BCUT2D eigenvalue weighted by Gasteiger charge is 2.14. The molecule has 1 heterocycles. The number of halogens is 1. The minimum Gasteiger partial charge on any atom is -0.493 e. The summed E-state index contributed by atoms with van der Waals surface area (Å²) in [5, 5.41) is 4.24. The fraction of sp³-hybridized carbons (Fsp3) is 0.286. The van der Waals surface area contributed by atoms with Crippen molar-refractivity contribution in [3.8, 4) is 28.4 Å². The number of hydrogen-bond acceptors (Lipinski definition) is 6. The maximum Gasteiger partial charge on any atom is 0.162 e. The van der Waals surface area contributed by atoms with Crippen LogP contribution in [0.5, 0.6) is 17.2 Å². The molecule has 1 N–H and O–H groups in total. The Morgan fingerprint density at radius 2 is 1.69 bits per heavy atom. The van der Waals surface area contributed by atoms with Crippen LogP contribution in [0.15, 0.2) is 54.6 Å². The van der Waals surface area contributed by atoms with Crippen molar-refractivity contribution >= 4 is 16.7 Å². The van der Waals surface area contributed by atoms with Gasteiger partial charge in [0.1, 0.15) is 23.2 Å². The molecule has 182 valence electrons. The highest BCUT2D eigenvalue weighted by atomic mass is 19.1. The van der Waals surface area contributed by atoms with Crippen LogP contribution in [0.4, 0.5) is 10.2 Å². The molecule has 0 aliphatic heterocycles. The van der Waals surface area contributed by atoms with E-state index in [2.05, 4.69) is 22.2 Å². The Hall–Kier alpha value is -3.87. The fourth-order valence-electron chi connectivity index (χ4n) is 3.96. The first-order valence-corrected chi connectivity index (χ1v) is 11.7. The van der Waals surface area contributed by atoms with Crippen LogP contribution in [0.1, 0.15) is 31.2 Å². The summed E-state index contributed by atoms with van der Waals surface area (Å²) in [7, 11) is 3.19. The molecular formula is C28H30FN3O3. The van der Waals surface area contributed by atoms with Gasteiger partial charge in [-0.25, -0.2) is 14.4 Å². The SMILES string of the molecule is CCCCOc1cccc(F)c1-c1cccc(CNc2nc(C)nc3cc(OC)c(OC)cc23)c1. The summed E-state index contributed by atoms with van der Waals surface area (Å²) < 4.78 is 31.6. The summed E-state index contributed by atoms with van der Waals surface area (Å²) in [6, 6.07) is 16.4. The van der Waals surface area contributed by atoms with Crippen LogP contribution in [0.2, 0.25) is 0 Å². The molecule has 0 saturated carbocycles. The van der Waals surface area contributed by atoms with E-state index in [1.165, 1.54) is 6.07 Å². The zero-order chi connectivity index (χ0) is 24.8. The topological polar surface area (TPSA) is 65.5 Å². The van der Waals surface area contributed by atoms with Crippen molar-refractivity contribution in [1.82, 2.24) is 9.97 Å². The van der Waals surface area contributed by atoms with Crippen molar-refractivity contribution in [1.29, 1.82) is 0 Å². The molecule has 4 aromatic rings. The van der Waals surface area contributed by atoms with Gasteiger partial charge in [0.15, 0.2) is 11.5 Å². The third-order valence-corrected chi connectivity index (χ3v) is 5.72. The number of nitrogens with zero attached hydrogens (tertiary/aromatic N) is 2. The standard InChI is InChI=1S/C28H30FN3O3/c1-5-6-13-35-24-12-8-11-22(29)27(24)20-10-7-9-19(14-20)17-30-28-21-15-25(33-3)26(34-4)16-23(21)31-18(2)32-28/h7-12,14-16H,5-6,13,17H2,1-4H3,(H,30,31,32). The van der Waals surface area contributed by atoms with Crippen LogP contribution in [-0.2, 0) is 6.54 Å². The van der Waals surface area contributed by atoms with E-state index >= 15 is 0 Å². The third-order valence-electron chi connectivity index (χ3n) is 5.72. The molecule has 0 atom stereocenters. The molecule has 6 nitrogen and oxygen atoms in total. The average molecular weight is 476 g/mol. The summed E-state index contributed by atoms with van der Waals surface area (Å²) in [6.07, 6.45) is 1.94. The summed E-state index contributed by atoms with van der Waals surface area (Å²) >= 11 is 0. The van der Waals surface area contributed by atoms with Crippen LogP contribution >= 0.6 is 0 Å². The zero-order valence-corrected chi connectivity index (χ0v) is 20.5. The molecule has 0 aliphatic rings. The minimum absolute atomic E-state index is 0.303. The number of aryl methyl sites for hydroxylation is 1. The van der Waals surface area contributed by atoms with Crippen molar-refractivity contribution in [3.05, 3.63) is 71.8 Å². The number of hydrogen-bond donors (Lipinski definition) is 1. The Balaban J connectivity index is 1.63. The van der Waals surface area contributed by atoms with Gasteiger partial charge < -0.3 is 19.5 Å². The van der Waals surface area contributed by atoms with Gasteiger partial charge in [-0.15, -0.1) is 0 Å². The van der Waals surface area contributed by atoms with Gasteiger partial charge in [0.2, 0.25) is 0 Å². The molecular weight excluding hydrogens is 445 g/mol. The quantitative estimate of drug-likeness (QED) is 0.262. The Kier molecular flexibility index (Phi) is 7.65. The lowest BCUT2D eigenvalue weighted by atomic mass is 10.0. The van der Waals surface area contributed by atoms with Gasteiger partial charge in [0.05, 0.1) is 31.9 Å². The van der Waals surface area contributed by atoms with E-state index in [0.717, 1.165) is 34.9 Å². The van der Waals surface area contributed by atoms with Crippen molar-refractivity contribution in [2.75, 3.05) is 26.1 Å². The van der Waals surface area contributed by atoms with Gasteiger partial charge in [0, 0.05) is 18.0 Å². The molecule has 0 saturated heterocycles. The van der Waals surface area contributed by atoms with Gasteiger partial charge in [-0.1, -0.05) is 37.6 Å². The molecule has 0 fully saturated rings. The third kappa shape index (κ3) is 5.45. The summed E-state index contributed by atoms with van der Waals surface area (Å²) in [4.78, 5) is 9.14. The van der Waals surface area contributed by atoms with E-state index in [9.17, 15) is 4.39 Å². The van der Waals surface area contributed by atoms with Crippen LogP contribution < -0.4 is 19.5 Å². The van der Waals surface area contributed by atoms with Crippen LogP contribution in [0.3, 0.4) is 0 Å². The molecule has 0 amide bonds. The van der Waals surface area contributed by atoms with E-state index in [0.29, 0.717) is 47.6 Å². The lowest BCUT2D eigenvalue weighted by molar-refractivity contribution is 0.309. The number of unbranched alkanes of at least 4 members (excludes halogenated alkanes) is 1. The fourth-order valence-corrected chi connectivity index (χ4v) is 3.96. The molecule has 1 aromatic heterocycles. The van der Waals surface area contributed by atoms with Crippen molar-refractivity contribution in [2.24, 2.45) is 0 Å². The number of rotatable bonds is 10. The zero-order valence-electron chi connectivity index (χ0n) is 20.5. The van der Waals surface area contributed by atoms with E-state index < -0.39 is 0 Å².